The molecular formula is C29H42F3N5O4. The smallest absolute Gasteiger partial charge is 0.475 e. The number of hydrogen-bond acceptors (Lipinski definition) is 7. The van der Waals surface area contributed by atoms with E-state index in [1.165, 1.54) is 32.1 Å². The fourth-order valence-corrected chi connectivity index (χ4v) is 4.31. The van der Waals surface area contributed by atoms with Gasteiger partial charge in [0.05, 0.1) is 6.10 Å². The number of aliphatic carboxylic acids is 1. The van der Waals surface area contributed by atoms with Gasteiger partial charge in [-0.3, -0.25) is 4.79 Å². The maximum Gasteiger partial charge on any atom is 0.490 e. The number of nitrogens with zero attached hydrogens (tertiary/aromatic N) is 2. The molecular weight excluding hydrogens is 539 g/mol. The van der Waals surface area contributed by atoms with Crippen molar-refractivity contribution in [3.05, 3.63) is 47.7 Å². The van der Waals surface area contributed by atoms with Crippen LogP contribution in [0.25, 0.3) is 0 Å². The summed E-state index contributed by atoms with van der Waals surface area (Å²) < 4.78 is 37.3. The predicted octanol–water partition coefficient (Wildman–Crippen LogP) is 5.37. The molecule has 0 radical (unpaired) electrons. The Hall–Kier alpha value is -3.41. The number of carboxylic acid groups (broad SMARTS) is 1. The van der Waals surface area contributed by atoms with Gasteiger partial charge >= 0.3 is 12.1 Å². The van der Waals surface area contributed by atoms with E-state index in [2.05, 4.69) is 25.9 Å². The summed E-state index contributed by atoms with van der Waals surface area (Å²) in [5.74, 6) is -0.824. The number of carboxylic acids is 1. The molecule has 1 atom stereocenters. The Morgan fingerprint density at radius 2 is 1.76 bits per heavy atom. The third-order valence-corrected chi connectivity index (χ3v) is 6.36. The molecule has 1 aromatic carbocycles. The molecule has 0 aliphatic heterocycles. The summed E-state index contributed by atoms with van der Waals surface area (Å²) >= 11 is 0. The van der Waals surface area contributed by atoms with Gasteiger partial charge in [0.15, 0.2) is 0 Å². The number of ether oxygens (including phenoxy) is 1. The zero-order chi connectivity index (χ0) is 30.3. The quantitative estimate of drug-likeness (QED) is 0.233. The van der Waals surface area contributed by atoms with Crippen molar-refractivity contribution in [2.24, 2.45) is 5.92 Å². The van der Waals surface area contributed by atoms with Crippen LogP contribution in [0, 0.1) is 12.8 Å². The molecule has 0 unspecified atom stereocenters. The molecule has 1 aliphatic carbocycles. The number of benzene rings is 1. The van der Waals surface area contributed by atoms with Crippen LogP contribution in [0.4, 0.5) is 24.9 Å². The highest BCUT2D eigenvalue weighted by Crippen LogP contribution is 2.24. The van der Waals surface area contributed by atoms with Gasteiger partial charge in [-0.1, -0.05) is 49.6 Å². The number of aryl methyl sites for hydroxylation is 1. The Bertz CT molecular complexity index is 1060. The number of carbonyl (C=O) groups excluding carboxylic acids is 1. The lowest BCUT2D eigenvalue weighted by molar-refractivity contribution is -0.192. The summed E-state index contributed by atoms with van der Waals surface area (Å²) in [4.78, 5) is 31.2. The van der Waals surface area contributed by atoms with Gasteiger partial charge in [-0.25, -0.2) is 9.78 Å². The van der Waals surface area contributed by atoms with Crippen LogP contribution in [0.2, 0.25) is 0 Å². The molecule has 3 rings (SSSR count). The Morgan fingerprint density at radius 1 is 1.10 bits per heavy atom. The zero-order valence-corrected chi connectivity index (χ0v) is 24.0. The molecule has 228 valence electrons. The lowest BCUT2D eigenvalue weighted by Gasteiger charge is -2.22. The van der Waals surface area contributed by atoms with Crippen LogP contribution >= 0.6 is 0 Å². The summed E-state index contributed by atoms with van der Waals surface area (Å²) in [5, 5.41) is 17.0. The van der Waals surface area contributed by atoms with Crippen LogP contribution in [-0.4, -0.2) is 65.0 Å². The molecule has 41 heavy (non-hydrogen) atoms. The van der Waals surface area contributed by atoms with Crippen molar-refractivity contribution < 1.29 is 32.6 Å². The molecule has 4 N–H and O–H groups in total. The fraction of sp³-hybridized carbons (Fsp3) is 0.586. The molecule has 0 spiro atoms. The summed E-state index contributed by atoms with van der Waals surface area (Å²) in [6.07, 6.45) is 2.98. The molecule has 1 aromatic heterocycles. The van der Waals surface area contributed by atoms with Crippen LogP contribution in [0.3, 0.4) is 0 Å². The van der Waals surface area contributed by atoms with E-state index in [9.17, 15) is 18.0 Å². The molecule has 1 aliphatic rings. The average Bonchev–Trinajstić information content (AvgIpc) is 2.92. The van der Waals surface area contributed by atoms with E-state index in [0.717, 1.165) is 24.2 Å². The van der Waals surface area contributed by atoms with Gasteiger partial charge < -0.3 is 25.8 Å². The first-order valence-electron chi connectivity index (χ1n) is 14.0. The highest BCUT2D eigenvalue weighted by molar-refractivity contribution is 5.84. The van der Waals surface area contributed by atoms with E-state index in [1.54, 1.807) is 0 Å². The maximum atomic E-state index is 13.1. The molecule has 1 fully saturated rings. The third kappa shape index (κ3) is 14.2. The van der Waals surface area contributed by atoms with Crippen molar-refractivity contribution in [3.63, 3.8) is 0 Å². The molecule has 12 heteroatoms. The Labute approximate surface area is 239 Å². The highest BCUT2D eigenvalue weighted by Gasteiger charge is 2.38. The van der Waals surface area contributed by atoms with Gasteiger partial charge in [-0.2, -0.15) is 18.2 Å². The minimum absolute atomic E-state index is 0.0404. The first-order valence-corrected chi connectivity index (χ1v) is 14.0. The minimum atomic E-state index is -5.08. The van der Waals surface area contributed by atoms with Crippen molar-refractivity contribution in [2.45, 2.75) is 84.0 Å². The summed E-state index contributed by atoms with van der Waals surface area (Å²) in [6, 6.07) is 11.5. The number of halogens is 3. The van der Waals surface area contributed by atoms with E-state index in [-0.39, 0.29) is 12.0 Å². The Balaban J connectivity index is 0.000000745. The van der Waals surface area contributed by atoms with E-state index in [0.29, 0.717) is 37.3 Å². The Kier molecular flexibility index (Phi) is 14.4. The summed E-state index contributed by atoms with van der Waals surface area (Å²) in [6.45, 7) is 8.10. The predicted molar refractivity (Wildman–Crippen MR) is 152 cm³/mol. The van der Waals surface area contributed by atoms with E-state index >= 15 is 0 Å². The molecule has 1 saturated carbocycles. The number of hydrogen-bond donors (Lipinski definition) is 4. The molecule has 2 aromatic rings. The lowest BCUT2D eigenvalue weighted by atomic mass is 9.89. The molecule has 0 saturated heterocycles. The second-order valence-electron chi connectivity index (χ2n) is 10.4. The third-order valence-electron chi connectivity index (χ3n) is 6.36. The van der Waals surface area contributed by atoms with Crippen molar-refractivity contribution >= 4 is 23.6 Å². The van der Waals surface area contributed by atoms with E-state index in [4.69, 9.17) is 14.6 Å². The van der Waals surface area contributed by atoms with Crippen LogP contribution in [0.15, 0.2) is 36.4 Å². The van der Waals surface area contributed by atoms with Gasteiger partial charge in [-0.05, 0) is 51.5 Å². The van der Waals surface area contributed by atoms with Gasteiger partial charge in [0.2, 0.25) is 11.9 Å². The monoisotopic (exact) mass is 581 g/mol. The van der Waals surface area contributed by atoms with E-state index in [1.807, 2.05) is 57.2 Å². The number of carbonyl (C=O) groups is 2. The second kappa shape index (κ2) is 17.4. The fourth-order valence-electron chi connectivity index (χ4n) is 4.31. The highest BCUT2D eigenvalue weighted by atomic mass is 19.4. The van der Waals surface area contributed by atoms with Gasteiger partial charge in [0.1, 0.15) is 11.9 Å². The number of aromatic nitrogens is 2. The second-order valence-corrected chi connectivity index (χ2v) is 10.4. The standard InChI is InChI=1S/C27H41N5O2.C2HF3O2/c1-20(2)34-16-10-15-28-26(33)24(18-22-11-6-4-7-12-22)31-25-17-21(3)30-27(32-25)29-19-23-13-8-5-9-14-23;3-2(4,5)1(6)7/h4,6-7,11-12,17,20,23-24H,5,8-10,13-16,18-19H2,1-3H3,(H,28,33)(H2,29,30,31,32);(H,6,7)/t24-;/m0./s1. The first-order chi connectivity index (χ1) is 19.4. The number of anilines is 2. The SMILES string of the molecule is Cc1cc(N[C@@H](Cc2ccccc2)C(=O)NCCCOC(C)C)nc(NCC2CCCCC2)n1.O=C(O)C(F)(F)F. The lowest BCUT2D eigenvalue weighted by Crippen LogP contribution is -2.42. The van der Waals surface area contributed by atoms with Crippen LogP contribution in [0.1, 0.15) is 63.6 Å². The zero-order valence-electron chi connectivity index (χ0n) is 24.0. The van der Waals surface area contributed by atoms with Crippen LogP contribution in [0.5, 0.6) is 0 Å². The largest absolute Gasteiger partial charge is 0.490 e. The van der Waals surface area contributed by atoms with Crippen LogP contribution < -0.4 is 16.0 Å². The van der Waals surface area contributed by atoms with Crippen LogP contribution in [-0.2, 0) is 20.7 Å². The maximum absolute atomic E-state index is 13.1. The number of nitrogens with one attached hydrogen (secondary N) is 3. The number of amides is 1. The Morgan fingerprint density at radius 3 is 2.37 bits per heavy atom. The number of rotatable bonds is 13. The molecule has 0 bridgehead atoms. The summed E-state index contributed by atoms with van der Waals surface area (Å²) in [5.41, 5.74) is 1.97. The molecule has 1 heterocycles. The van der Waals surface area contributed by atoms with Crippen molar-refractivity contribution in [3.8, 4) is 0 Å². The molecule has 1 amide bonds. The minimum Gasteiger partial charge on any atom is -0.475 e. The van der Waals surface area contributed by atoms with Gasteiger partial charge in [0.25, 0.3) is 0 Å². The van der Waals surface area contributed by atoms with E-state index < -0.39 is 18.2 Å². The van der Waals surface area contributed by atoms with Gasteiger partial charge in [0, 0.05) is 37.9 Å². The van der Waals surface area contributed by atoms with Crippen molar-refractivity contribution in [1.29, 1.82) is 0 Å². The van der Waals surface area contributed by atoms with Crippen molar-refractivity contribution in [1.82, 2.24) is 15.3 Å². The van der Waals surface area contributed by atoms with Gasteiger partial charge in [-0.15, -0.1) is 0 Å². The first kappa shape index (κ1) is 33.8. The normalized spacial score (nSPS) is 14.5. The number of alkyl halides is 3. The molecule has 9 nitrogen and oxygen atoms in total. The summed E-state index contributed by atoms with van der Waals surface area (Å²) in [7, 11) is 0. The average molecular weight is 582 g/mol. The topological polar surface area (TPSA) is 125 Å². The van der Waals surface area contributed by atoms with Crippen molar-refractivity contribution in [2.75, 3.05) is 30.3 Å².